The van der Waals surface area contributed by atoms with E-state index in [4.69, 9.17) is 4.74 Å². The first-order valence-corrected chi connectivity index (χ1v) is 9.15. The van der Waals surface area contributed by atoms with Crippen molar-refractivity contribution < 1.29 is 14.3 Å². The third-order valence-corrected chi connectivity index (χ3v) is 4.30. The smallest absolute Gasteiger partial charge is 0.410 e. The van der Waals surface area contributed by atoms with Crippen LogP contribution in [0.5, 0.6) is 0 Å². The number of benzene rings is 1. The van der Waals surface area contributed by atoms with E-state index in [-0.39, 0.29) is 17.9 Å². The third-order valence-electron chi connectivity index (χ3n) is 4.30. The van der Waals surface area contributed by atoms with Crippen LogP contribution >= 0.6 is 0 Å². The maximum Gasteiger partial charge on any atom is 0.410 e. The topological polar surface area (TPSA) is 58.6 Å². The van der Waals surface area contributed by atoms with Crippen LogP contribution in [-0.2, 0) is 16.0 Å². The molecule has 0 saturated carbocycles. The molecule has 1 aromatic rings. The molecule has 1 aliphatic heterocycles. The predicted molar refractivity (Wildman–Crippen MR) is 98.3 cm³/mol. The van der Waals surface area contributed by atoms with Crippen molar-refractivity contribution in [2.75, 3.05) is 19.6 Å². The number of carbonyl (C=O) groups excluding carboxylic acids is 2. The summed E-state index contributed by atoms with van der Waals surface area (Å²) in [6, 6.07) is 10.3. The average molecular weight is 346 g/mol. The SMILES string of the molecule is CC(C)(C)OC(=O)N1CCC(C(=O)NCCCc2ccccc2)CC1. The molecule has 0 spiro atoms. The molecule has 1 N–H and O–H groups in total. The number of nitrogens with one attached hydrogen (secondary N) is 1. The highest BCUT2D eigenvalue weighted by atomic mass is 16.6. The van der Waals surface area contributed by atoms with Gasteiger partial charge in [0.2, 0.25) is 5.91 Å². The Kier molecular flexibility index (Phi) is 6.85. The molecule has 0 unspecified atom stereocenters. The summed E-state index contributed by atoms with van der Waals surface area (Å²) in [7, 11) is 0. The summed E-state index contributed by atoms with van der Waals surface area (Å²) < 4.78 is 5.38. The number of ether oxygens (including phenoxy) is 1. The molecule has 1 saturated heterocycles. The molecule has 1 aromatic carbocycles. The minimum absolute atomic E-state index is 0.00425. The van der Waals surface area contributed by atoms with Crippen LogP contribution in [-0.4, -0.2) is 42.1 Å². The van der Waals surface area contributed by atoms with Gasteiger partial charge in [0.15, 0.2) is 0 Å². The number of carbonyl (C=O) groups is 2. The van der Waals surface area contributed by atoms with Gasteiger partial charge in [-0.25, -0.2) is 4.79 Å². The first-order valence-electron chi connectivity index (χ1n) is 9.15. The number of rotatable bonds is 5. The second-order valence-electron chi connectivity index (χ2n) is 7.62. The fourth-order valence-electron chi connectivity index (χ4n) is 2.94. The predicted octanol–water partition coefficient (Wildman–Crippen LogP) is 3.38. The van der Waals surface area contributed by atoms with Crippen molar-refractivity contribution in [2.24, 2.45) is 5.92 Å². The lowest BCUT2D eigenvalue weighted by atomic mass is 9.96. The van der Waals surface area contributed by atoms with E-state index >= 15 is 0 Å². The Labute approximate surface area is 150 Å². The fourth-order valence-corrected chi connectivity index (χ4v) is 2.94. The molecule has 2 rings (SSSR count). The lowest BCUT2D eigenvalue weighted by Crippen LogP contribution is -2.45. The van der Waals surface area contributed by atoms with Gasteiger partial charge in [0.05, 0.1) is 0 Å². The number of hydrogen-bond acceptors (Lipinski definition) is 3. The summed E-state index contributed by atoms with van der Waals surface area (Å²) >= 11 is 0. The maximum absolute atomic E-state index is 12.3. The Hall–Kier alpha value is -2.04. The van der Waals surface area contributed by atoms with E-state index in [0.29, 0.717) is 32.5 Å². The molecule has 138 valence electrons. The van der Waals surface area contributed by atoms with Crippen molar-refractivity contribution in [2.45, 2.75) is 52.1 Å². The lowest BCUT2D eigenvalue weighted by Gasteiger charge is -2.32. The highest BCUT2D eigenvalue weighted by molar-refractivity contribution is 5.79. The molecule has 1 heterocycles. The largest absolute Gasteiger partial charge is 0.444 e. The molecular weight excluding hydrogens is 316 g/mol. The molecule has 5 nitrogen and oxygen atoms in total. The zero-order chi connectivity index (χ0) is 18.3. The van der Waals surface area contributed by atoms with Crippen LogP contribution in [0.25, 0.3) is 0 Å². The lowest BCUT2D eigenvalue weighted by molar-refractivity contribution is -0.126. The molecule has 0 radical (unpaired) electrons. The summed E-state index contributed by atoms with van der Waals surface area (Å²) in [6.45, 7) is 7.44. The summed E-state index contributed by atoms with van der Waals surface area (Å²) in [4.78, 5) is 26.0. The maximum atomic E-state index is 12.3. The number of aryl methyl sites for hydroxylation is 1. The highest BCUT2D eigenvalue weighted by Crippen LogP contribution is 2.19. The zero-order valence-corrected chi connectivity index (χ0v) is 15.6. The molecule has 25 heavy (non-hydrogen) atoms. The van der Waals surface area contributed by atoms with Crippen LogP contribution in [0.3, 0.4) is 0 Å². The fraction of sp³-hybridized carbons (Fsp3) is 0.600. The van der Waals surface area contributed by atoms with Gasteiger partial charge in [-0.2, -0.15) is 0 Å². The Bertz CT molecular complexity index is 558. The van der Waals surface area contributed by atoms with Gasteiger partial charge in [0, 0.05) is 25.6 Å². The van der Waals surface area contributed by atoms with E-state index < -0.39 is 5.60 Å². The number of hydrogen-bond donors (Lipinski definition) is 1. The number of likely N-dealkylation sites (tertiary alicyclic amines) is 1. The molecule has 0 bridgehead atoms. The summed E-state index contributed by atoms with van der Waals surface area (Å²) in [6.07, 6.45) is 3.02. The van der Waals surface area contributed by atoms with E-state index in [2.05, 4.69) is 17.4 Å². The number of amides is 2. The average Bonchev–Trinajstić information content (AvgIpc) is 2.58. The Balaban J connectivity index is 1.64. The Morgan fingerprint density at radius 3 is 2.40 bits per heavy atom. The van der Waals surface area contributed by atoms with Gasteiger partial charge in [0.1, 0.15) is 5.60 Å². The molecular formula is C20H30N2O3. The first kappa shape index (κ1) is 19.3. The molecule has 0 aromatic heterocycles. The molecule has 1 aliphatic rings. The van der Waals surface area contributed by atoms with Gasteiger partial charge in [-0.1, -0.05) is 30.3 Å². The summed E-state index contributed by atoms with van der Waals surface area (Å²) in [5.74, 6) is 0.104. The van der Waals surface area contributed by atoms with Crippen LogP contribution in [0.2, 0.25) is 0 Å². The molecule has 5 heteroatoms. The van der Waals surface area contributed by atoms with E-state index in [0.717, 1.165) is 12.8 Å². The van der Waals surface area contributed by atoms with Crippen LogP contribution in [0.15, 0.2) is 30.3 Å². The molecule has 2 amide bonds. The van der Waals surface area contributed by atoms with Gasteiger partial charge >= 0.3 is 6.09 Å². The monoisotopic (exact) mass is 346 g/mol. The normalized spacial score (nSPS) is 15.7. The Morgan fingerprint density at radius 2 is 1.80 bits per heavy atom. The van der Waals surface area contributed by atoms with Crippen LogP contribution in [0.1, 0.15) is 45.6 Å². The van der Waals surface area contributed by atoms with Gasteiger partial charge in [-0.05, 0) is 52.0 Å². The van der Waals surface area contributed by atoms with E-state index in [1.165, 1.54) is 5.56 Å². The quantitative estimate of drug-likeness (QED) is 0.832. The van der Waals surface area contributed by atoms with E-state index in [9.17, 15) is 9.59 Å². The van der Waals surface area contributed by atoms with Gasteiger partial charge in [0.25, 0.3) is 0 Å². The van der Waals surface area contributed by atoms with Crippen LogP contribution in [0.4, 0.5) is 4.79 Å². The molecule has 0 aliphatic carbocycles. The molecule has 1 fully saturated rings. The van der Waals surface area contributed by atoms with Crippen LogP contribution in [0, 0.1) is 5.92 Å². The van der Waals surface area contributed by atoms with E-state index in [1.807, 2.05) is 39.0 Å². The third kappa shape index (κ3) is 6.77. The van der Waals surface area contributed by atoms with Crippen molar-refractivity contribution >= 4 is 12.0 Å². The molecule has 0 atom stereocenters. The number of piperidine rings is 1. The summed E-state index contributed by atoms with van der Waals surface area (Å²) in [5.41, 5.74) is 0.812. The number of nitrogens with zero attached hydrogens (tertiary/aromatic N) is 1. The summed E-state index contributed by atoms with van der Waals surface area (Å²) in [5, 5.41) is 3.03. The van der Waals surface area contributed by atoms with Crippen molar-refractivity contribution in [1.29, 1.82) is 0 Å². The van der Waals surface area contributed by atoms with Gasteiger partial charge in [-0.3, -0.25) is 4.79 Å². The minimum Gasteiger partial charge on any atom is -0.444 e. The van der Waals surface area contributed by atoms with Gasteiger partial charge in [-0.15, -0.1) is 0 Å². The standard InChI is InChI=1S/C20H30N2O3/c1-20(2,3)25-19(24)22-14-11-17(12-15-22)18(23)21-13-7-10-16-8-5-4-6-9-16/h4-6,8-9,17H,7,10-15H2,1-3H3,(H,21,23). The second-order valence-corrected chi connectivity index (χ2v) is 7.62. The van der Waals surface area contributed by atoms with Crippen molar-refractivity contribution in [1.82, 2.24) is 10.2 Å². The van der Waals surface area contributed by atoms with Gasteiger partial charge < -0.3 is 15.0 Å². The van der Waals surface area contributed by atoms with E-state index in [1.54, 1.807) is 4.90 Å². The van der Waals surface area contributed by atoms with Crippen molar-refractivity contribution in [3.8, 4) is 0 Å². The zero-order valence-electron chi connectivity index (χ0n) is 15.6. The van der Waals surface area contributed by atoms with Crippen molar-refractivity contribution in [3.63, 3.8) is 0 Å². The minimum atomic E-state index is -0.482. The second kappa shape index (κ2) is 8.88. The van der Waals surface area contributed by atoms with Crippen LogP contribution < -0.4 is 5.32 Å². The van der Waals surface area contributed by atoms with Crippen molar-refractivity contribution in [3.05, 3.63) is 35.9 Å². The first-order chi connectivity index (χ1) is 11.8. The highest BCUT2D eigenvalue weighted by Gasteiger charge is 2.29. The Morgan fingerprint density at radius 1 is 1.16 bits per heavy atom.